The molecule has 1 heterocycles. The number of amides is 1. The number of nitrogens with two attached hydrogens (primary N) is 1. The summed E-state index contributed by atoms with van der Waals surface area (Å²) in [5.41, 5.74) is 5.42. The molecule has 0 aromatic carbocycles. The second-order valence-electron chi connectivity index (χ2n) is 1.77. The number of rotatable bonds is 1. The summed E-state index contributed by atoms with van der Waals surface area (Å²) in [6.07, 6.45) is 1.45. The van der Waals surface area contributed by atoms with Gasteiger partial charge in [-0.2, -0.15) is 0 Å². The Kier molecular flexibility index (Phi) is 2.07. The molecule has 1 amide bonds. The number of hydrogen-bond donors (Lipinski definition) is 1. The summed E-state index contributed by atoms with van der Waals surface area (Å²) in [6, 6.07) is 3.36. The van der Waals surface area contributed by atoms with Gasteiger partial charge in [0.2, 0.25) is 0 Å². The maximum absolute atomic E-state index is 10.5. The van der Waals surface area contributed by atoms with Gasteiger partial charge in [-0.1, -0.05) is 0 Å². The van der Waals surface area contributed by atoms with Crippen LogP contribution in [-0.2, 0) is 0 Å². The van der Waals surface area contributed by atoms with Gasteiger partial charge in [0.25, 0.3) is 0 Å². The average molecular weight is 196 g/mol. The van der Waals surface area contributed by atoms with E-state index < -0.39 is 5.91 Å². The van der Waals surface area contributed by atoms with Crippen molar-refractivity contribution >= 4 is 27.2 Å². The van der Waals surface area contributed by atoms with Crippen LogP contribution in [0, 0.1) is 0 Å². The number of aromatic nitrogens is 1. The van der Waals surface area contributed by atoms with E-state index in [4.69, 9.17) is 5.73 Å². The van der Waals surface area contributed by atoms with Gasteiger partial charge >= 0.3 is 66.6 Å². The summed E-state index contributed by atoms with van der Waals surface area (Å²) in [6.45, 7) is 0. The van der Waals surface area contributed by atoms with Crippen molar-refractivity contribution in [2.45, 2.75) is 0 Å². The van der Waals surface area contributed by atoms with E-state index in [0.29, 0.717) is 5.56 Å². The molecule has 4 heteroatoms. The van der Waals surface area contributed by atoms with Crippen LogP contribution in [0.5, 0.6) is 0 Å². The molecule has 0 aliphatic carbocycles. The van der Waals surface area contributed by atoms with E-state index in [1.807, 2.05) is 0 Å². The molecule has 0 bridgehead atoms. The van der Waals surface area contributed by atoms with Crippen LogP contribution in [0.25, 0.3) is 0 Å². The summed E-state index contributed by atoms with van der Waals surface area (Å²) in [4.78, 5) is 14.4. The normalized spacial score (nSPS) is 9.30. The minimum atomic E-state index is -0.444. The summed E-state index contributed by atoms with van der Waals surface area (Å²) < 4.78 is 0.817. The molecule has 0 aliphatic heterocycles. The van der Waals surface area contributed by atoms with E-state index in [2.05, 4.69) is 21.8 Å². The van der Waals surface area contributed by atoms with Crippen molar-refractivity contribution in [1.29, 1.82) is 0 Å². The fourth-order valence-corrected chi connectivity index (χ4v) is 0.809. The first-order valence-electron chi connectivity index (χ1n) is 2.65. The van der Waals surface area contributed by atoms with Gasteiger partial charge in [0.15, 0.2) is 0 Å². The molecule has 0 aliphatic rings. The van der Waals surface area contributed by atoms with Gasteiger partial charge in [0, 0.05) is 0 Å². The van der Waals surface area contributed by atoms with Crippen LogP contribution >= 0.6 is 0 Å². The fourth-order valence-electron chi connectivity index (χ4n) is 0.532. The molecule has 1 rings (SSSR count). The van der Waals surface area contributed by atoms with Crippen LogP contribution in [0.2, 0.25) is 0 Å². The Hall–Kier alpha value is -0.822. The second kappa shape index (κ2) is 2.84. The number of hydrogen-bond acceptors (Lipinski definition) is 2. The molecule has 0 spiro atoms. The Morgan fingerprint density at radius 1 is 1.60 bits per heavy atom. The number of carbonyl (C=O) groups is 1. The summed E-state index contributed by atoms with van der Waals surface area (Å²) in [7, 11) is 0. The molecule has 0 unspecified atom stereocenters. The molecule has 1 aromatic rings. The standard InChI is InChI=1S/C6H5AsN2O/c7-5-2-1-4(3-9-5)6(8)10/h1-3H,(H2,8,10). The Bertz CT molecular complexity index is 244. The van der Waals surface area contributed by atoms with Crippen LogP contribution in [0.3, 0.4) is 0 Å². The van der Waals surface area contributed by atoms with Crippen LogP contribution in [0.15, 0.2) is 18.3 Å². The average Bonchev–Trinajstić information content (AvgIpc) is 1.88. The van der Waals surface area contributed by atoms with Crippen molar-refractivity contribution in [3.8, 4) is 0 Å². The van der Waals surface area contributed by atoms with Gasteiger partial charge in [0.1, 0.15) is 0 Å². The first kappa shape index (κ1) is 7.29. The molecule has 10 heavy (non-hydrogen) atoms. The second-order valence-corrected chi connectivity index (χ2v) is 2.73. The van der Waals surface area contributed by atoms with Gasteiger partial charge in [0.05, 0.1) is 0 Å². The topological polar surface area (TPSA) is 56.0 Å². The zero-order valence-electron chi connectivity index (χ0n) is 5.11. The Morgan fingerprint density at radius 2 is 2.30 bits per heavy atom. The van der Waals surface area contributed by atoms with Crippen molar-refractivity contribution < 1.29 is 4.79 Å². The predicted molar refractivity (Wildman–Crippen MR) is 38.1 cm³/mol. The molecular weight excluding hydrogens is 191 g/mol. The van der Waals surface area contributed by atoms with Crippen molar-refractivity contribution in [3.63, 3.8) is 0 Å². The van der Waals surface area contributed by atoms with Gasteiger partial charge in [-0.15, -0.1) is 0 Å². The molecule has 0 fully saturated rings. The number of pyridine rings is 1. The molecule has 0 atom stereocenters. The van der Waals surface area contributed by atoms with Gasteiger partial charge in [-0.25, -0.2) is 0 Å². The zero-order chi connectivity index (χ0) is 7.56. The zero-order valence-corrected chi connectivity index (χ0v) is 6.99. The predicted octanol–water partition coefficient (Wildman–Crippen LogP) is -1.03. The third-order valence-electron chi connectivity index (χ3n) is 1.03. The molecule has 2 N–H and O–H groups in total. The van der Waals surface area contributed by atoms with Crippen LogP contribution < -0.4 is 10.2 Å². The third-order valence-corrected chi connectivity index (χ3v) is 1.59. The van der Waals surface area contributed by atoms with Crippen LogP contribution in [0.4, 0.5) is 0 Å². The Labute approximate surface area is 67.1 Å². The molecular formula is C6H5AsN2O. The van der Waals surface area contributed by atoms with Crippen LogP contribution in [0.1, 0.15) is 10.4 Å². The number of nitrogens with zero attached hydrogens (tertiary/aromatic N) is 1. The maximum atomic E-state index is 10.5. The quantitative estimate of drug-likeness (QED) is 0.584. The summed E-state index contributed by atoms with van der Waals surface area (Å²) >= 11 is 2.28. The molecule has 2 radical (unpaired) electrons. The molecule has 3 nitrogen and oxygen atoms in total. The fraction of sp³-hybridized carbons (Fsp3) is 0. The molecule has 0 saturated carbocycles. The summed E-state index contributed by atoms with van der Waals surface area (Å²) in [5, 5.41) is 0. The third kappa shape index (κ3) is 1.58. The van der Waals surface area contributed by atoms with Gasteiger partial charge < -0.3 is 0 Å². The first-order valence-corrected chi connectivity index (χ1v) is 3.59. The van der Waals surface area contributed by atoms with Crippen molar-refractivity contribution in [2.75, 3.05) is 0 Å². The van der Waals surface area contributed by atoms with Crippen molar-refractivity contribution in [2.24, 2.45) is 5.73 Å². The first-order chi connectivity index (χ1) is 4.70. The van der Waals surface area contributed by atoms with Crippen LogP contribution in [-0.4, -0.2) is 27.7 Å². The van der Waals surface area contributed by atoms with E-state index in [1.165, 1.54) is 6.20 Å². The number of carbonyl (C=O) groups excluding carboxylic acids is 1. The summed E-state index contributed by atoms with van der Waals surface area (Å²) in [5.74, 6) is -0.444. The minimum absolute atomic E-state index is 0.440. The van der Waals surface area contributed by atoms with Crippen molar-refractivity contribution in [1.82, 2.24) is 4.98 Å². The molecule has 50 valence electrons. The van der Waals surface area contributed by atoms with Gasteiger partial charge in [-0.3, -0.25) is 0 Å². The van der Waals surface area contributed by atoms with E-state index in [-0.39, 0.29) is 0 Å². The van der Waals surface area contributed by atoms with E-state index >= 15 is 0 Å². The Morgan fingerprint density at radius 3 is 2.70 bits per heavy atom. The number of primary amides is 1. The van der Waals surface area contributed by atoms with E-state index in [1.54, 1.807) is 12.1 Å². The van der Waals surface area contributed by atoms with E-state index in [9.17, 15) is 4.79 Å². The SMILES string of the molecule is NC(=O)c1ccc([As])nc1. The van der Waals surface area contributed by atoms with Gasteiger partial charge in [-0.05, 0) is 0 Å². The van der Waals surface area contributed by atoms with E-state index in [0.717, 1.165) is 4.48 Å². The molecule has 0 saturated heterocycles. The monoisotopic (exact) mass is 196 g/mol. The van der Waals surface area contributed by atoms with Crippen molar-refractivity contribution in [3.05, 3.63) is 23.9 Å². The molecule has 1 aromatic heterocycles. The Balaban J connectivity index is 3.00.